The van der Waals surface area contributed by atoms with Crippen molar-refractivity contribution in [3.8, 4) is 0 Å². The molecule has 0 aromatic heterocycles. The molecule has 0 radical (unpaired) electrons. The zero-order valence-electron chi connectivity index (χ0n) is 11.0. The molecule has 0 bridgehead atoms. The second-order valence-corrected chi connectivity index (χ2v) is 4.12. The molecule has 102 valence electrons. The molecule has 1 aromatic carbocycles. The Morgan fingerprint density at radius 1 is 1.11 bits per heavy atom. The molecule has 1 aromatic rings. The van der Waals surface area contributed by atoms with Gasteiger partial charge < -0.3 is 19.9 Å². The van der Waals surface area contributed by atoms with Gasteiger partial charge in [0, 0.05) is 20.3 Å². The van der Waals surface area contributed by atoms with Gasteiger partial charge in [-0.25, -0.2) is 0 Å². The first-order chi connectivity index (χ1) is 8.86. The van der Waals surface area contributed by atoms with Crippen LogP contribution in [0.4, 0.5) is 0 Å². The molecular weight excluding hydrogens is 230 g/mol. The van der Waals surface area contributed by atoms with Crippen molar-refractivity contribution in [3.05, 3.63) is 35.4 Å². The molecule has 0 amide bonds. The molecule has 18 heavy (non-hydrogen) atoms. The summed E-state index contributed by atoms with van der Waals surface area (Å²) in [5.74, 6) is 0. The summed E-state index contributed by atoms with van der Waals surface area (Å²) in [6.45, 7) is 3.68. The minimum Gasteiger partial charge on any atom is -0.394 e. The van der Waals surface area contributed by atoms with Crippen molar-refractivity contribution >= 4 is 0 Å². The average Bonchev–Trinajstić information content (AvgIpc) is 2.40. The minimum absolute atomic E-state index is 0.0985. The predicted octanol–water partition coefficient (Wildman–Crippen LogP) is 1.32. The van der Waals surface area contributed by atoms with Crippen LogP contribution in [-0.2, 0) is 22.6 Å². The molecule has 2 N–H and O–H groups in total. The Balaban J connectivity index is 2.08. The van der Waals surface area contributed by atoms with Gasteiger partial charge in [-0.15, -0.1) is 0 Å². The largest absolute Gasteiger partial charge is 0.394 e. The second-order valence-electron chi connectivity index (χ2n) is 4.12. The zero-order chi connectivity index (χ0) is 13.1. The number of aliphatic hydroxyl groups excluding tert-OH is 1. The maximum atomic E-state index is 8.53. The molecule has 0 atom stereocenters. The number of nitrogens with one attached hydrogen (secondary N) is 1. The smallest absolute Gasteiger partial charge is 0.0713 e. The van der Waals surface area contributed by atoms with E-state index in [4.69, 9.17) is 14.6 Å². The SMILES string of the molecule is COCc1ccc(CNCCCOCCO)cc1. The summed E-state index contributed by atoms with van der Waals surface area (Å²) in [6.07, 6.45) is 0.960. The highest BCUT2D eigenvalue weighted by molar-refractivity contribution is 5.21. The molecule has 0 aliphatic carbocycles. The van der Waals surface area contributed by atoms with Gasteiger partial charge in [0.1, 0.15) is 0 Å². The van der Waals surface area contributed by atoms with E-state index in [2.05, 4.69) is 29.6 Å². The van der Waals surface area contributed by atoms with E-state index in [1.807, 2.05) is 0 Å². The molecule has 1 rings (SSSR count). The summed E-state index contributed by atoms with van der Waals surface area (Å²) in [4.78, 5) is 0. The van der Waals surface area contributed by atoms with Crippen LogP contribution in [-0.4, -0.2) is 38.6 Å². The number of hydrogen-bond donors (Lipinski definition) is 2. The van der Waals surface area contributed by atoms with Crippen molar-refractivity contribution in [3.63, 3.8) is 0 Å². The third kappa shape index (κ3) is 6.71. The lowest BCUT2D eigenvalue weighted by molar-refractivity contribution is 0.0907. The van der Waals surface area contributed by atoms with Gasteiger partial charge in [0.05, 0.1) is 19.8 Å². The zero-order valence-corrected chi connectivity index (χ0v) is 11.0. The van der Waals surface area contributed by atoms with E-state index < -0.39 is 0 Å². The van der Waals surface area contributed by atoms with Crippen molar-refractivity contribution in [1.29, 1.82) is 0 Å². The normalized spacial score (nSPS) is 10.8. The van der Waals surface area contributed by atoms with E-state index in [1.165, 1.54) is 11.1 Å². The van der Waals surface area contributed by atoms with Gasteiger partial charge in [-0.1, -0.05) is 24.3 Å². The fourth-order valence-electron chi connectivity index (χ4n) is 1.62. The van der Waals surface area contributed by atoms with Crippen LogP contribution in [0.15, 0.2) is 24.3 Å². The predicted molar refractivity (Wildman–Crippen MR) is 71.4 cm³/mol. The average molecular weight is 253 g/mol. The molecule has 4 nitrogen and oxygen atoms in total. The van der Waals surface area contributed by atoms with E-state index in [0.717, 1.165) is 19.5 Å². The Hall–Kier alpha value is -0.940. The van der Waals surface area contributed by atoms with E-state index in [0.29, 0.717) is 19.8 Å². The highest BCUT2D eigenvalue weighted by atomic mass is 16.5. The van der Waals surface area contributed by atoms with Crippen molar-refractivity contribution < 1.29 is 14.6 Å². The van der Waals surface area contributed by atoms with Crippen LogP contribution in [0.1, 0.15) is 17.5 Å². The summed E-state index contributed by atoms with van der Waals surface area (Å²) in [5.41, 5.74) is 2.46. The number of aliphatic hydroxyl groups is 1. The molecule has 0 fully saturated rings. The summed E-state index contributed by atoms with van der Waals surface area (Å²) >= 11 is 0. The van der Waals surface area contributed by atoms with Gasteiger partial charge in [-0.2, -0.15) is 0 Å². The number of ether oxygens (including phenoxy) is 2. The number of benzene rings is 1. The van der Waals surface area contributed by atoms with Crippen molar-refractivity contribution in [1.82, 2.24) is 5.32 Å². The van der Waals surface area contributed by atoms with Gasteiger partial charge >= 0.3 is 0 Å². The van der Waals surface area contributed by atoms with Crippen molar-refractivity contribution in [2.45, 2.75) is 19.6 Å². The van der Waals surface area contributed by atoms with Gasteiger partial charge in [0.15, 0.2) is 0 Å². The van der Waals surface area contributed by atoms with Gasteiger partial charge in [-0.05, 0) is 24.1 Å². The summed E-state index contributed by atoms with van der Waals surface area (Å²) in [5, 5.41) is 11.9. The highest BCUT2D eigenvalue weighted by Crippen LogP contribution is 2.05. The molecule has 0 saturated heterocycles. The molecule has 0 unspecified atom stereocenters. The van der Waals surface area contributed by atoms with Crippen LogP contribution < -0.4 is 5.32 Å². The quantitative estimate of drug-likeness (QED) is 0.618. The Morgan fingerprint density at radius 3 is 2.50 bits per heavy atom. The van der Waals surface area contributed by atoms with Crippen LogP contribution in [0, 0.1) is 0 Å². The first-order valence-electron chi connectivity index (χ1n) is 6.33. The van der Waals surface area contributed by atoms with Crippen molar-refractivity contribution in [2.75, 3.05) is 33.5 Å². The highest BCUT2D eigenvalue weighted by Gasteiger charge is 1.95. The summed E-state index contributed by atoms with van der Waals surface area (Å²) < 4.78 is 10.2. The molecular formula is C14H23NO3. The first-order valence-corrected chi connectivity index (χ1v) is 6.33. The number of rotatable bonds is 10. The first kappa shape index (κ1) is 15.1. The monoisotopic (exact) mass is 253 g/mol. The van der Waals surface area contributed by atoms with Gasteiger partial charge in [0.25, 0.3) is 0 Å². The Kier molecular flexibility index (Phi) is 8.42. The lowest BCUT2D eigenvalue weighted by Crippen LogP contribution is -2.16. The number of hydrogen-bond acceptors (Lipinski definition) is 4. The van der Waals surface area contributed by atoms with Crippen molar-refractivity contribution in [2.24, 2.45) is 0 Å². The molecule has 4 heteroatoms. The Morgan fingerprint density at radius 2 is 1.83 bits per heavy atom. The van der Waals surface area contributed by atoms with Crippen LogP contribution >= 0.6 is 0 Å². The summed E-state index contributed by atoms with van der Waals surface area (Å²) in [7, 11) is 1.70. The van der Waals surface area contributed by atoms with E-state index in [1.54, 1.807) is 7.11 Å². The fraction of sp³-hybridized carbons (Fsp3) is 0.571. The molecule has 0 aliphatic heterocycles. The van der Waals surface area contributed by atoms with Gasteiger partial charge in [0.2, 0.25) is 0 Å². The summed E-state index contributed by atoms with van der Waals surface area (Å²) in [6, 6.07) is 8.41. The minimum atomic E-state index is 0.0985. The van der Waals surface area contributed by atoms with E-state index in [9.17, 15) is 0 Å². The third-order valence-electron chi connectivity index (χ3n) is 2.54. The molecule has 0 heterocycles. The Bertz CT molecular complexity index is 300. The van der Waals surface area contributed by atoms with Gasteiger partial charge in [-0.3, -0.25) is 0 Å². The second kappa shape index (κ2) is 10.0. The third-order valence-corrected chi connectivity index (χ3v) is 2.54. The fourth-order valence-corrected chi connectivity index (χ4v) is 1.62. The number of methoxy groups -OCH3 is 1. The lowest BCUT2D eigenvalue weighted by Gasteiger charge is -2.06. The van der Waals surface area contributed by atoms with E-state index in [-0.39, 0.29) is 6.61 Å². The van der Waals surface area contributed by atoms with Crippen LogP contribution in [0.25, 0.3) is 0 Å². The standard InChI is InChI=1S/C14H23NO3/c1-17-12-14-5-3-13(4-6-14)11-15-7-2-9-18-10-8-16/h3-6,15-16H,2,7-12H2,1H3. The molecule has 0 spiro atoms. The maximum absolute atomic E-state index is 8.53. The molecule has 0 aliphatic rings. The molecule has 0 saturated carbocycles. The van der Waals surface area contributed by atoms with Crippen LogP contribution in [0.5, 0.6) is 0 Å². The van der Waals surface area contributed by atoms with Crippen LogP contribution in [0.3, 0.4) is 0 Å². The lowest BCUT2D eigenvalue weighted by atomic mass is 10.1. The maximum Gasteiger partial charge on any atom is 0.0713 e. The topological polar surface area (TPSA) is 50.7 Å². The van der Waals surface area contributed by atoms with Crippen LogP contribution in [0.2, 0.25) is 0 Å². The Labute approximate surface area is 109 Å². The van der Waals surface area contributed by atoms with E-state index >= 15 is 0 Å².